The highest BCUT2D eigenvalue weighted by Crippen LogP contribution is 2.11. The number of nitrogens with zero attached hydrogens (tertiary/aromatic N) is 1. The summed E-state index contributed by atoms with van der Waals surface area (Å²) in [5.74, 6) is 0.280. The van der Waals surface area contributed by atoms with E-state index in [2.05, 4.69) is 0 Å². The summed E-state index contributed by atoms with van der Waals surface area (Å²) in [5, 5.41) is 18.0. The molecule has 0 amide bonds. The number of rotatable bonds is 3. The summed E-state index contributed by atoms with van der Waals surface area (Å²) in [5.41, 5.74) is 2.03. The van der Waals surface area contributed by atoms with Crippen molar-refractivity contribution < 1.29 is 10.2 Å². The number of aromatic hydroxyl groups is 1. The van der Waals surface area contributed by atoms with Crippen LogP contribution in [0.4, 0.5) is 0 Å². The molecule has 1 aromatic carbocycles. The average Bonchev–Trinajstić information content (AvgIpc) is 2.69. The van der Waals surface area contributed by atoms with Crippen LogP contribution in [-0.4, -0.2) is 14.8 Å². The predicted molar refractivity (Wildman–Crippen MR) is 57.6 cm³/mol. The Kier molecular flexibility index (Phi) is 2.74. The summed E-state index contributed by atoms with van der Waals surface area (Å²) >= 11 is 0. The van der Waals surface area contributed by atoms with Crippen molar-refractivity contribution in [3.05, 3.63) is 53.9 Å². The third-order valence-electron chi connectivity index (χ3n) is 2.30. The van der Waals surface area contributed by atoms with Crippen molar-refractivity contribution in [3.8, 4) is 5.75 Å². The first-order valence-corrected chi connectivity index (χ1v) is 4.81. The smallest absolute Gasteiger partial charge is 0.115 e. The molecule has 0 aliphatic carbocycles. The van der Waals surface area contributed by atoms with E-state index in [-0.39, 0.29) is 12.4 Å². The molecule has 0 unspecified atom stereocenters. The van der Waals surface area contributed by atoms with E-state index < -0.39 is 0 Å². The van der Waals surface area contributed by atoms with Crippen LogP contribution in [0.1, 0.15) is 11.1 Å². The van der Waals surface area contributed by atoms with Gasteiger partial charge in [0.05, 0.1) is 6.61 Å². The number of aliphatic hydroxyl groups excluding tert-OH is 1. The van der Waals surface area contributed by atoms with Gasteiger partial charge in [-0.3, -0.25) is 0 Å². The minimum atomic E-state index is 0.0720. The fraction of sp³-hybridized carbons (Fsp3) is 0.167. The van der Waals surface area contributed by atoms with E-state index in [1.807, 2.05) is 35.2 Å². The quantitative estimate of drug-likeness (QED) is 0.798. The van der Waals surface area contributed by atoms with Crippen LogP contribution in [0.15, 0.2) is 42.7 Å². The van der Waals surface area contributed by atoms with Crippen LogP contribution < -0.4 is 0 Å². The SMILES string of the molecule is OCc1ccn(Cc2ccc(O)cc2)c1. The lowest BCUT2D eigenvalue weighted by molar-refractivity contribution is 0.282. The Hall–Kier alpha value is -1.74. The monoisotopic (exact) mass is 203 g/mol. The first-order valence-electron chi connectivity index (χ1n) is 4.81. The predicted octanol–water partition coefficient (Wildman–Crippen LogP) is 1.73. The summed E-state index contributed by atoms with van der Waals surface area (Å²) < 4.78 is 2.00. The summed E-state index contributed by atoms with van der Waals surface area (Å²) in [7, 11) is 0. The topological polar surface area (TPSA) is 45.4 Å². The molecule has 0 fully saturated rings. The minimum Gasteiger partial charge on any atom is -0.508 e. The number of benzene rings is 1. The number of hydrogen-bond donors (Lipinski definition) is 2. The van der Waals surface area contributed by atoms with Gasteiger partial charge in [0, 0.05) is 18.9 Å². The van der Waals surface area contributed by atoms with Gasteiger partial charge >= 0.3 is 0 Å². The molecular formula is C12H13NO2. The maximum atomic E-state index is 9.13. The van der Waals surface area contributed by atoms with Crippen molar-refractivity contribution >= 4 is 0 Å². The average molecular weight is 203 g/mol. The molecule has 0 atom stereocenters. The van der Waals surface area contributed by atoms with E-state index in [0.717, 1.165) is 17.7 Å². The van der Waals surface area contributed by atoms with Crippen molar-refractivity contribution in [2.45, 2.75) is 13.2 Å². The van der Waals surface area contributed by atoms with Crippen LogP contribution in [0.3, 0.4) is 0 Å². The Morgan fingerprint density at radius 1 is 1.00 bits per heavy atom. The highest BCUT2D eigenvalue weighted by atomic mass is 16.3. The van der Waals surface area contributed by atoms with Crippen molar-refractivity contribution in [1.29, 1.82) is 0 Å². The first kappa shape index (κ1) is 9.80. The third kappa shape index (κ3) is 2.39. The lowest BCUT2D eigenvalue weighted by Gasteiger charge is -2.02. The van der Waals surface area contributed by atoms with E-state index >= 15 is 0 Å². The standard InChI is InChI=1S/C12H13NO2/c14-9-11-5-6-13(8-11)7-10-1-3-12(15)4-2-10/h1-6,8,14-15H,7,9H2. The largest absolute Gasteiger partial charge is 0.508 e. The van der Waals surface area contributed by atoms with Gasteiger partial charge in [-0.2, -0.15) is 0 Å². The third-order valence-corrected chi connectivity index (χ3v) is 2.30. The Bertz CT molecular complexity index is 431. The first-order chi connectivity index (χ1) is 7.28. The van der Waals surface area contributed by atoms with Gasteiger partial charge in [-0.15, -0.1) is 0 Å². The second kappa shape index (κ2) is 4.19. The molecule has 1 heterocycles. The molecule has 0 aliphatic heterocycles. The molecule has 0 bridgehead atoms. The molecular weight excluding hydrogens is 190 g/mol. The van der Waals surface area contributed by atoms with Crippen LogP contribution in [0, 0.1) is 0 Å². The molecule has 0 aliphatic rings. The number of phenolic OH excluding ortho intramolecular Hbond substituents is 1. The van der Waals surface area contributed by atoms with Gasteiger partial charge in [0.25, 0.3) is 0 Å². The van der Waals surface area contributed by atoms with Crippen LogP contribution in [0.5, 0.6) is 5.75 Å². The van der Waals surface area contributed by atoms with Gasteiger partial charge in [-0.05, 0) is 29.3 Å². The molecule has 1 aromatic heterocycles. The highest BCUT2D eigenvalue weighted by Gasteiger charge is 1.97. The fourth-order valence-corrected chi connectivity index (χ4v) is 1.49. The van der Waals surface area contributed by atoms with Crippen LogP contribution in [0.25, 0.3) is 0 Å². The second-order valence-corrected chi connectivity index (χ2v) is 3.52. The normalized spacial score (nSPS) is 10.5. The number of phenols is 1. The van der Waals surface area contributed by atoms with Gasteiger partial charge in [0.2, 0.25) is 0 Å². The molecule has 0 saturated heterocycles. The Labute approximate surface area is 88.2 Å². The van der Waals surface area contributed by atoms with E-state index in [1.54, 1.807) is 12.1 Å². The van der Waals surface area contributed by atoms with Gasteiger partial charge in [-0.25, -0.2) is 0 Å². The summed E-state index contributed by atoms with van der Waals surface area (Å²) in [4.78, 5) is 0. The zero-order chi connectivity index (χ0) is 10.7. The van der Waals surface area contributed by atoms with Crippen molar-refractivity contribution in [3.63, 3.8) is 0 Å². The van der Waals surface area contributed by atoms with Crippen LogP contribution in [0.2, 0.25) is 0 Å². The maximum Gasteiger partial charge on any atom is 0.115 e. The molecule has 15 heavy (non-hydrogen) atoms. The van der Waals surface area contributed by atoms with Crippen molar-refractivity contribution in [2.75, 3.05) is 0 Å². The van der Waals surface area contributed by atoms with Gasteiger partial charge in [-0.1, -0.05) is 12.1 Å². The van der Waals surface area contributed by atoms with Crippen molar-refractivity contribution in [1.82, 2.24) is 4.57 Å². The second-order valence-electron chi connectivity index (χ2n) is 3.52. The van der Waals surface area contributed by atoms with Gasteiger partial charge in [0.1, 0.15) is 5.75 Å². The van der Waals surface area contributed by atoms with Crippen molar-refractivity contribution in [2.24, 2.45) is 0 Å². The molecule has 78 valence electrons. The zero-order valence-electron chi connectivity index (χ0n) is 8.30. The van der Waals surface area contributed by atoms with Crippen LogP contribution >= 0.6 is 0 Å². The van der Waals surface area contributed by atoms with Gasteiger partial charge in [0.15, 0.2) is 0 Å². The molecule has 0 saturated carbocycles. The lowest BCUT2D eigenvalue weighted by Crippen LogP contribution is -1.95. The van der Waals surface area contributed by atoms with E-state index in [4.69, 9.17) is 10.2 Å². The summed E-state index contributed by atoms with van der Waals surface area (Å²) in [6.07, 6.45) is 3.84. The molecule has 0 spiro atoms. The Balaban J connectivity index is 2.11. The Morgan fingerprint density at radius 3 is 2.33 bits per heavy atom. The molecule has 3 nitrogen and oxygen atoms in total. The molecule has 2 N–H and O–H groups in total. The van der Waals surface area contributed by atoms with Crippen LogP contribution in [-0.2, 0) is 13.2 Å². The molecule has 2 aromatic rings. The molecule has 0 radical (unpaired) electrons. The van der Waals surface area contributed by atoms with Gasteiger partial charge < -0.3 is 14.8 Å². The van der Waals surface area contributed by atoms with E-state index in [9.17, 15) is 0 Å². The maximum absolute atomic E-state index is 9.13. The highest BCUT2D eigenvalue weighted by molar-refractivity contribution is 5.26. The minimum absolute atomic E-state index is 0.0720. The Morgan fingerprint density at radius 2 is 1.73 bits per heavy atom. The fourth-order valence-electron chi connectivity index (χ4n) is 1.49. The lowest BCUT2D eigenvalue weighted by atomic mass is 10.2. The number of hydrogen-bond acceptors (Lipinski definition) is 2. The molecule has 3 heteroatoms. The molecule has 2 rings (SSSR count). The summed E-state index contributed by atoms with van der Waals surface area (Å²) in [6, 6.07) is 9.00. The van der Waals surface area contributed by atoms with E-state index in [1.165, 1.54) is 0 Å². The number of aromatic nitrogens is 1. The summed E-state index contributed by atoms with van der Waals surface area (Å²) in [6.45, 7) is 0.822. The van der Waals surface area contributed by atoms with E-state index in [0.29, 0.717) is 0 Å². The number of aliphatic hydroxyl groups is 1. The zero-order valence-corrected chi connectivity index (χ0v) is 8.30.